The topological polar surface area (TPSA) is 111 Å². The minimum atomic E-state index is -0.379. The lowest BCUT2D eigenvalue weighted by atomic mass is 10.0. The van der Waals surface area contributed by atoms with Crippen molar-refractivity contribution in [1.29, 1.82) is 0 Å². The van der Waals surface area contributed by atoms with E-state index in [1.165, 1.54) is 10.8 Å². The molecule has 2 aromatic heterocycles. The minimum Gasteiger partial charge on any atom is -0.459 e. The van der Waals surface area contributed by atoms with Gasteiger partial charge in [0.1, 0.15) is 12.2 Å². The number of carbonyl (C=O) groups is 2. The number of ketones is 1. The van der Waals surface area contributed by atoms with Crippen molar-refractivity contribution in [2.24, 2.45) is 5.73 Å². The van der Waals surface area contributed by atoms with E-state index in [4.69, 9.17) is 14.9 Å². The highest BCUT2D eigenvalue weighted by Gasteiger charge is 2.29. The number of amides is 1. The molecule has 1 saturated heterocycles. The Hall–Kier alpha value is -4.04. The lowest BCUT2D eigenvalue weighted by molar-refractivity contribution is 0.0714. The summed E-state index contributed by atoms with van der Waals surface area (Å²) in [4.78, 5) is 43.7. The van der Waals surface area contributed by atoms with E-state index < -0.39 is 0 Å². The first-order chi connectivity index (χ1) is 18.5. The maximum atomic E-state index is 14.0. The number of ether oxygens (including phenoxy) is 1. The van der Waals surface area contributed by atoms with Crippen molar-refractivity contribution in [1.82, 2.24) is 9.47 Å². The number of furan rings is 1. The molecule has 1 amide bonds. The van der Waals surface area contributed by atoms with Crippen LogP contribution in [0.3, 0.4) is 0 Å². The van der Waals surface area contributed by atoms with Crippen molar-refractivity contribution in [3.63, 3.8) is 0 Å². The predicted molar refractivity (Wildman–Crippen MR) is 148 cm³/mol. The number of nitrogens with two attached hydrogens (primary N) is 1. The zero-order valence-electron chi connectivity index (χ0n) is 20.6. The summed E-state index contributed by atoms with van der Waals surface area (Å²) >= 11 is 0. The number of piperazine rings is 1. The molecule has 5 rings (SSSR count). The number of rotatable bonds is 8. The molecule has 0 spiro atoms. The monoisotopic (exact) mass is 530 g/mol. The number of carbonyl (C=O) groups excluding carboxylic acids is 2. The van der Waals surface area contributed by atoms with E-state index >= 15 is 0 Å². The Morgan fingerprint density at radius 2 is 1.66 bits per heavy atom. The largest absolute Gasteiger partial charge is 0.459 e. The zero-order valence-corrected chi connectivity index (χ0v) is 21.6. The van der Waals surface area contributed by atoms with Crippen LogP contribution in [-0.2, 0) is 11.3 Å². The number of pyridine rings is 1. The Balaban J connectivity index is 1.56. The summed E-state index contributed by atoms with van der Waals surface area (Å²) in [7, 11) is 3.48. The number of nitrogens with zero attached hydrogens (tertiary/aromatic N) is 3. The second kappa shape index (κ2) is 11.1. The number of aromatic nitrogens is 1. The van der Waals surface area contributed by atoms with E-state index in [9.17, 15) is 14.4 Å². The fourth-order valence-corrected chi connectivity index (χ4v) is 5.09. The molecule has 3 heterocycles. The van der Waals surface area contributed by atoms with Crippen LogP contribution in [0.2, 0.25) is 0 Å². The van der Waals surface area contributed by atoms with Gasteiger partial charge in [0.2, 0.25) is 0 Å². The Labute approximate surface area is 221 Å². The molecule has 10 heteroatoms. The summed E-state index contributed by atoms with van der Waals surface area (Å²) in [6, 6.07) is 19.7. The van der Waals surface area contributed by atoms with Crippen LogP contribution in [0.4, 0.5) is 5.69 Å². The van der Waals surface area contributed by atoms with Gasteiger partial charge in [-0.3, -0.25) is 19.0 Å². The average molecular weight is 531 g/mol. The van der Waals surface area contributed by atoms with Gasteiger partial charge in [-0.15, -0.1) is 0 Å². The SMILES string of the molecule is NCOC(=P)c1c(N2CCN(C(=O)c3ccco3)CC2)c2ccccc2n(CC(=O)c2ccccc2)c1=O. The maximum Gasteiger partial charge on any atom is 0.289 e. The summed E-state index contributed by atoms with van der Waals surface area (Å²) in [6.07, 6.45) is 1.48. The number of benzene rings is 2. The third-order valence-corrected chi connectivity index (χ3v) is 7.01. The Bertz CT molecular complexity index is 1540. The summed E-state index contributed by atoms with van der Waals surface area (Å²) in [5.41, 5.74) is 7.54. The molecule has 9 nitrogen and oxygen atoms in total. The number of hydrogen-bond acceptors (Lipinski definition) is 7. The zero-order chi connectivity index (χ0) is 26.6. The molecule has 0 radical (unpaired) electrons. The van der Waals surface area contributed by atoms with Crippen LogP contribution in [0.15, 0.2) is 82.2 Å². The molecule has 4 aromatic rings. The van der Waals surface area contributed by atoms with Gasteiger partial charge < -0.3 is 24.7 Å². The second-order valence-corrected chi connectivity index (χ2v) is 9.27. The van der Waals surface area contributed by atoms with E-state index in [1.54, 1.807) is 41.3 Å². The van der Waals surface area contributed by atoms with Crippen molar-refractivity contribution in [2.75, 3.05) is 37.8 Å². The molecule has 194 valence electrons. The van der Waals surface area contributed by atoms with E-state index in [2.05, 4.69) is 13.8 Å². The van der Waals surface area contributed by atoms with Gasteiger partial charge in [0, 0.05) is 37.1 Å². The smallest absolute Gasteiger partial charge is 0.289 e. The lowest BCUT2D eigenvalue weighted by Crippen LogP contribution is -2.49. The van der Waals surface area contributed by atoms with Crippen LogP contribution in [0.25, 0.3) is 10.9 Å². The molecule has 0 unspecified atom stereocenters. The van der Waals surface area contributed by atoms with Gasteiger partial charge in [-0.05, 0) is 18.2 Å². The quantitative estimate of drug-likeness (QED) is 0.212. The van der Waals surface area contributed by atoms with Gasteiger partial charge in [-0.25, -0.2) is 0 Å². The number of hydrogen-bond donors (Lipinski definition) is 1. The lowest BCUT2D eigenvalue weighted by Gasteiger charge is -2.37. The number of fused-ring (bicyclic) bond motifs is 1. The second-order valence-electron chi connectivity index (χ2n) is 8.82. The first-order valence-corrected chi connectivity index (χ1v) is 12.7. The average Bonchev–Trinajstić information content (AvgIpc) is 3.49. The van der Waals surface area contributed by atoms with E-state index in [1.807, 2.05) is 30.3 Å². The summed E-state index contributed by atoms with van der Waals surface area (Å²) < 4.78 is 12.3. The highest BCUT2D eigenvalue weighted by molar-refractivity contribution is 7.21. The minimum absolute atomic E-state index is 0.135. The van der Waals surface area contributed by atoms with Gasteiger partial charge in [0.05, 0.1) is 29.6 Å². The molecule has 0 aliphatic carbocycles. The van der Waals surface area contributed by atoms with Crippen LogP contribution >= 0.6 is 8.86 Å². The molecule has 1 aliphatic rings. The molecule has 0 saturated carbocycles. The Morgan fingerprint density at radius 3 is 2.34 bits per heavy atom. The summed E-state index contributed by atoms with van der Waals surface area (Å²) in [5.74, 6) is -0.0623. The van der Waals surface area contributed by atoms with Crippen LogP contribution in [0, 0.1) is 0 Å². The van der Waals surface area contributed by atoms with Gasteiger partial charge in [0.25, 0.3) is 11.5 Å². The summed E-state index contributed by atoms with van der Waals surface area (Å²) in [5, 5.41) is 0.783. The number of anilines is 1. The summed E-state index contributed by atoms with van der Waals surface area (Å²) in [6.45, 7) is 1.58. The first-order valence-electron chi connectivity index (χ1n) is 12.2. The molecule has 2 N–H and O–H groups in total. The fraction of sp³-hybridized carbons (Fsp3) is 0.214. The third kappa shape index (κ3) is 4.91. The molecular formula is C28H27N4O5P. The standard InChI is InChI=1S/C28H27N4O5P/c29-18-37-28(38)24-25(30-12-14-31(15-13-30)26(34)23-11-6-16-36-23)20-9-4-5-10-21(20)32(27(24)35)17-22(33)19-7-2-1-3-8-19/h1-11,16,38H,12-15,17-18,29H2. The van der Waals surface area contributed by atoms with E-state index in [-0.39, 0.29) is 41.6 Å². The van der Waals surface area contributed by atoms with Gasteiger partial charge in [0.15, 0.2) is 11.5 Å². The van der Waals surface area contributed by atoms with E-state index in [0.717, 1.165) is 5.39 Å². The fourth-order valence-electron chi connectivity index (χ4n) is 4.78. The number of Topliss-reactive ketones (excluding diaryl/α,β-unsaturated/α-hetero) is 1. The van der Waals surface area contributed by atoms with Crippen molar-refractivity contribution >= 4 is 42.6 Å². The molecule has 38 heavy (non-hydrogen) atoms. The van der Waals surface area contributed by atoms with Crippen molar-refractivity contribution in [2.45, 2.75) is 6.54 Å². The molecular weight excluding hydrogens is 503 g/mol. The molecule has 1 aliphatic heterocycles. The molecule has 0 atom stereocenters. The Morgan fingerprint density at radius 1 is 0.947 bits per heavy atom. The number of para-hydroxylation sites is 1. The molecule has 1 fully saturated rings. The predicted octanol–water partition coefficient (Wildman–Crippen LogP) is 2.99. The third-order valence-electron chi connectivity index (χ3n) is 6.61. The maximum absolute atomic E-state index is 14.0. The first kappa shape index (κ1) is 25.6. The van der Waals surface area contributed by atoms with Crippen LogP contribution in [0.5, 0.6) is 0 Å². The Kier molecular flexibility index (Phi) is 7.51. The van der Waals surface area contributed by atoms with Crippen LogP contribution in [0.1, 0.15) is 26.5 Å². The van der Waals surface area contributed by atoms with E-state index in [0.29, 0.717) is 48.7 Å². The van der Waals surface area contributed by atoms with Gasteiger partial charge in [-0.1, -0.05) is 57.4 Å². The normalized spacial score (nSPS) is 13.6. The highest BCUT2D eigenvalue weighted by atomic mass is 31.0. The van der Waals surface area contributed by atoms with Crippen LogP contribution < -0.4 is 16.2 Å². The van der Waals surface area contributed by atoms with Crippen molar-refractivity contribution in [3.05, 3.63) is 100 Å². The van der Waals surface area contributed by atoms with Gasteiger partial charge >= 0.3 is 0 Å². The highest BCUT2D eigenvalue weighted by Crippen LogP contribution is 2.31. The van der Waals surface area contributed by atoms with Crippen molar-refractivity contribution in [3.8, 4) is 0 Å². The molecule has 2 aromatic carbocycles. The van der Waals surface area contributed by atoms with Crippen LogP contribution in [-0.4, -0.2) is 59.5 Å². The molecule has 0 bridgehead atoms. The van der Waals surface area contributed by atoms with Gasteiger partial charge in [-0.2, -0.15) is 0 Å². The van der Waals surface area contributed by atoms with Crippen molar-refractivity contribution < 1.29 is 18.7 Å².